The third-order valence-corrected chi connectivity index (χ3v) is 13.0. The highest BCUT2D eigenvalue weighted by Crippen LogP contribution is 2.43. The van der Waals surface area contributed by atoms with Crippen LogP contribution in [0.15, 0.2) is 153 Å². The van der Waals surface area contributed by atoms with Crippen LogP contribution in [0, 0.1) is 0 Å². The predicted octanol–water partition coefficient (Wildman–Crippen LogP) is 7.32. The molecule has 2 nitrogen and oxygen atoms in total. The van der Waals surface area contributed by atoms with Crippen molar-refractivity contribution in [3.05, 3.63) is 133 Å². The lowest BCUT2D eigenvalue weighted by molar-refractivity contribution is 0.486. The van der Waals surface area contributed by atoms with Gasteiger partial charge in [-0.2, -0.15) is 0 Å². The van der Waals surface area contributed by atoms with Crippen LogP contribution in [0.2, 0.25) is 0 Å². The molecule has 0 saturated heterocycles. The smallest absolute Gasteiger partial charge is 0.253 e. The maximum Gasteiger partial charge on any atom is 0.253 e. The van der Waals surface area contributed by atoms with E-state index in [0.29, 0.717) is 0 Å². The van der Waals surface area contributed by atoms with Gasteiger partial charge in [0.2, 0.25) is 0 Å². The summed E-state index contributed by atoms with van der Waals surface area (Å²) in [6.07, 6.45) is 0. The van der Waals surface area contributed by atoms with E-state index in [4.69, 9.17) is 9.47 Å². The Labute approximate surface area is 286 Å². The van der Waals surface area contributed by atoms with Crippen LogP contribution in [0.1, 0.15) is 0 Å². The summed E-state index contributed by atoms with van der Waals surface area (Å²) in [7, 11) is 0. The second kappa shape index (κ2) is 9.31. The Morgan fingerprint density at radius 2 is 0.750 bits per heavy atom. The van der Waals surface area contributed by atoms with Crippen molar-refractivity contribution < 1.29 is 9.47 Å². The minimum atomic E-state index is 0.123. The number of fused-ring (bicyclic) bond motifs is 14. The molecule has 0 amide bonds. The summed E-state index contributed by atoms with van der Waals surface area (Å²) in [4.78, 5) is 5.19. The molecule has 0 atom stereocenters. The van der Waals surface area contributed by atoms with Gasteiger partial charge in [-0.25, -0.2) is 0 Å². The van der Waals surface area contributed by atoms with Gasteiger partial charge in [0.15, 0.2) is 0 Å². The molecule has 0 saturated carbocycles. The van der Waals surface area contributed by atoms with Gasteiger partial charge in [-0.3, -0.25) is 0 Å². The van der Waals surface area contributed by atoms with Crippen LogP contribution in [-0.4, -0.2) is 13.4 Å². The molecular formula is C42H22B2O2S2. The lowest BCUT2D eigenvalue weighted by atomic mass is 9.35. The molecule has 0 spiro atoms. The van der Waals surface area contributed by atoms with Crippen LogP contribution < -0.4 is 42.3 Å². The van der Waals surface area contributed by atoms with Gasteiger partial charge in [0.25, 0.3) is 13.4 Å². The van der Waals surface area contributed by atoms with E-state index in [2.05, 4.69) is 133 Å². The van der Waals surface area contributed by atoms with E-state index < -0.39 is 0 Å². The van der Waals surface area contributed by atoms with E-state index in [1.54, 1.807) is 0 Å². The van der Waals surface area contributed by atoms with Gasteiger partial charge < -0.3 is 9.47 Å². The second-order valence-electron chi connectivity index (χ2n) is 13.1. The predicted molar refractivity (Wildman–Crippen MR) is 202 cm³/mol. The standard InChI is InChI=1S/C42H22B2O2S2/c1-2-10-24-23(9-1)25-19-31-35(45-33-13-7-17-39-41(33)43(31)29-11-3-5-15-37(29)47-39)21-27(25)28-22-36-32(20-26(24)28)44-30-12-4-6-16-38(30)48-40-18-8-14-34(46-36)42(40)44/h1-22H. The van der Waals surface area contributed by atoms with Gasteiger partial charge in [0.1, 0.15) is 23.0 Å². The molecule has 8 aromatic rings. The highest BCUT2D eigenvalue weighted by atomic mass is 32.2. The Morgan fingerprint density at radius 1 is 0.333 bits per heavy atom. The molecule has 12 rings (SSSR count). The van der Waals surface area contributed by atoms with E-state index in [1.165, 1.54) is 84.7 Å². The average molecular weight is 644 g/mol. The van der Waals surface area contributed by atoms with Crippen LogP contribution in [0.5, 0.6) is 23.0 Å². The molecule has 48 heavy (non-hydrogen) atoms. The Bertz CT molecular complexity index is 2590. The number of rotatable bonds is 0. The Morgan fingerprint density at radius 3 is 1.25 bits per heavy atom. The average Bonchev–Trinajstić information content (AvgIpc) is 3.13. The maximum atomic E-state index is 6.81. The van der Waals surface area contributed by atoms with Gasteiger partial charge in [0, 0.05) is 19.6 Å². The topological polar surface area (TPSA) is 18.5 Å². The van der Waals surface area contributed by atoms with Gasteiger partial charge in [-0.15, -0.1) is 0 Å². The fourth-order valence-corrected chi connectivity index (χ4v) is 11.0. The van der Waals surface area contributed by atoms with Crippen LogP contribution in [0.3, 0.4) is 0 Å². The second-order valence-corrected chi connectivity index (χ2v) is 15.3. The molecule has 4 heterocycles. The molecule has 0 aromatic heterocycles. The molecule has 220 valence electrons. The van der Waals surface area contributed by atoms with E-state index in [1.807, 2.05) is 23.5 Å². The first-order valence-corrected chi connectivity index (χ1v) is 18.0. The summed E-state index contributed by atoms with van der Waals surface area (Å²) in [6, 6.07) is 49.0. The van der Waals surface area contributed by atoms with Crippen molar-refractivity contribution in [3.63, 3.8) is 0 Å². The molecule has 0 N–H and O–H groups in total. The molecule has 0 radical (unpaired) electrons. The summed E-state index contributed by atoms with van der Waals surface area (Å²) in [5.74, 6) is 3.78. The monoisotopic (exact) mass is 644 g/mol. The van der Waals surface area contributed by atoms with Gasteiger partial charge in [0.05, 0.1) is 0 Å². The van der Waals surface area contributed by atoms with Crippen molar-refractivity contribution in [1.82, 2.24) is 0 Å². The zero-order valence-corrected chi connectivity index (χ0v) is 27.1. The number of benzene rings is 8. The lowest BCUT2D eigenvalue weighted by Crippen LogP contribution is -2.57. The summed E-state index contributed by atoms with van der Waals surface area (Å²) in [5.41, 5.74) is 7.72. The van der Waals surface area contributed by atoms with Crippen LogP contribution >= 0.6 is 23.5 Å². The Hall–Kier alpha value is -5.03. The first-order chi connectivity index (χ1) is 23.8. The van der Waals surface area contributed by atoms with E-state index >= 15 is 0 Å². The third kappa shape index (κ3) is 3.34. The van der Waals surface area contributed by atoms with Crippen molar-refractivity contribution in [2.24, 2.45) is 0 Å². The zero-order chi connectivity index (χ0) is 31.1. The highest BCUT2D eigenvalue weighted by Gasteiger charge is 2.41. The fraction of sp³-hybridized carbons (Fsp3) is 0. The fourth-order valence-electron chi connectivity index (χ4n) is 8.69. The minimum absolute atomic E-state index is 0.123. The van der Waals surface area contributed by atoms with E-state index in [0.717, 1.165) is 23.0 Å². The number of hydrogen-bond acceptors (Lipinski definition) is 4. The molecule has 0 bridgehead atoms. The van der Waals surface area contributed by atoms with Crippen LogP contribution in [0.4, 0.5) is 0 Å². The summed E-state index contributed by atoms with van der Waals surface area (Å²) in [6.45, 7) is 0.246. The van der Waals surface area contributed by atoms with Crippen molar-refractivity contribution in [2.75, 3.05) is 0 Å². The minimum Gasteiger partial charge on any atom is -0.458 e. The van der Waals surface area contributed by atoms with Gasteiger partial charge in [-0.05, 0) is 103 Å². The van der Waals surface area contributed by atoms with Crippen molar-refractivity contribution in [3.8, 4) is 23.0 Å². The molecule has 6 heteroatoms. The number of hydrogen-bond donors (Lipinski definition) is 0. The quantitative estimate of drug-likeness (QED) is 0.127. The van der Waals surface area contributed by atoms with E-state index in [9.17, 15) is 0 Å². The summed E-state index contributed by atoms with van der Waals surface area (Å²) < 4.78 is 13.6. The molecule has 0 unspecified atom stereocenters. The van der Waals surface area contributed by atoms with E-state index in [-0.39, 0.29) is 13.4 Å². The third-order valence-electron chi connectivity index (χ3n) is 10.7. The molecule has 8 aromatic carbocycles. The zero-order valence-electron chi connectivity index (χ0n) is 25.5. The molecule has 4 aliphatic heterocycles. The SMILES string of the molecule is c1ccc2c(c1)Sc1cccc3c1B2c1cc2c4ccccc4c4cc5c(cc4c2cc1O3)Oc1cccc2c1B5c1ccccc1S2. The molecule has 0 fully saturated rings. The molecular weight excluding hydrogens is 622 g/mol. The normalized spacial score (nSPS) is 14.3. The number of ether oxygens (including phenoxy) is 2. The first kappa shape index (κ1) is 26.0. The summed E-state index contributed by atoms with van der Waals surface area (Å²) in [5, 5.41) is 7.39. The van der Waals surface area contributed by atoms with Gasteiger partial charge in [-0.1, -0.05) is 119 Å². The summed E-state index contributed by atoms with van der Waals surface area (Å²) >= 11 is 3.70. The van der Waals surface area contributed by atoms with Crippen molar-refractivity contribution in [2.45, 2.75) is 19.6 Å². The lowest BCUT2D eigenvalue weighted by Gasteiger charge is -2.34. The molecule has 4 aliphatic rings. The largest absolute Gasteiger partial charge is 0.458 e. The van der Waals surface area contributed by atoms with Gasteiger partial charge >= 0.3 is 0 Å². The first-order valence-electron chi connectivity index (χ1n) is 16.4. The Balaban J connectivity index is 1.16. The Kier molecular flexibility index (Phi) is 5.04. The van der Waals surface area contributed by atoms with Crippen LogP contribution in [-0.2, 0) is 0 Å². The molecule has 0 aliphatic carbocycles. The van der Waals surface area contributed by atoms with Crippen molar-refractivity contribution in [1.29, 1.82) is 0 Å². The van der Waals surface area contributed by atoms with Crippen LogP contribution in [0.25, 0.3) is 32.3 Å². The van der Waals surface area contributed by atoms with Crippen molar-refractivity contribution >= 4 is 102 Å². The maximum absolute atomic E-state index is 6.81. The highest BCUT2D eigenvalue weighted by molar-refractivity contribution is 8.00.